The van der Waals surface area contributed by atoms with Crippen LogP contribution in [0.4, 0.5) is 0 Å². The van der Waals surface area contributed by atoms with Gasteiger partial charge in [0.05, 0.1) is 11.5 Å². The van der Waals surface area contributed by atoms with Gasteiger partial charge in [-0.1, -0.05) is 13.8 Å². The molecule has 2 N–H and O–H groups in total. The molecule has 1 saturated heterocycles. The van der Waals surface area contributed by atoms with Gasteiger partial charge in [0.2, 0.25) is 10.0 Å². The van der Waals surface area contributed by atoms with E-state index in [0.717, 1.165) is 12.8 Å². The van der Waals surface area contributed by atoms with Crippen LogP contribution < -0.4 is 10.5 Å². The monoisotopic (exact) mass is 348 g/mol. The van der Waals surface area contributed by atoms with Crippen molar-refractivity contribution in [2.75, 3.05) is 26.2 Å². The van der Waals surface area contributed by atoms with Gasteiger partial charge in [-0.25, -0.2) is 8.42 Å². The highest BCUT2D eigenvalue weighted by molar-refractivity contribution is 7.89. The molecule has 1 aliphatic heterocycles. The molecule has 126 valence electrons. The fraction of sp³-hybridized carbons (Fsp3) is 0.600. The molecule has 0 aromatic heterocycles. The van der Waals surface area contributed by atoms with Gasteiger partial charge in [0.15, 0.2) is 0 Å². The number of ether oxygens (including phenoxy) is 1. The molecule has 5 nitrogen and oxygen atoms in total. The number of nitrogens with two attached hydrogens (primary N) is 1. The van der Waals surface area contributed by atoms with E-state index in [1.807, 2.05) is 13.8 Å². The van der Waals surface area contributed by atoms with E-state index in [9.17, 15) is 8.42 Å². The zero-order valence-electron chi connectivity index (χ0n) is 13.1. The summed E-state index contributed by atoms with van der Waals surface area (Å²) in [6, 6.07) is 6.64. The molecule has 7 heteroatoms. The van der Waals surface area contributed by atoms with Crippen molar-refractivity contribution in [1.82, 2.24) is 4.31 Å². The summed E-state index contributed by atoms with van der Waals surface area (Å²) in [6.07, 6.45) is 1.73. The SMILES string of the molecule is CCCOc1ccc(S(=O)(=O)N2CCC(C)(CN)C2)cc1.Cl. The molecule has 0 spiro atoms. The van der Waals surface area contributed by atoms with Crippen LogP contribution in [0.2, 0.25) is 0 Å². The minimum absolute atomic E-state index is 0. The first-order valence-corrected chi connectivity index (χ1v) is 8.78. The first-order chi connectivity index (χ1) is 9.91. The lowest BCUT2D eigenvalue weighted by Crippen LogP contribution is -2.34. The van der Waals surface area contributed by atoms with E-state index in [4.69, 9.17) is 10.5 Å². The number of nitrogens with zero attached hydrogens (tertiary/aromatic N) is 1. The van der Waals surface area contributed by atoms with E-state index in [1.165, 1.54) is 4.31 Å². The first kappa shape index (κ1) is 19.2. The summed E-state index contributed by atoms with van der Waals surface area (Å²) in [7, 11) is -3.43. The van der Waals surface area contributed by atoms with Crippen molar-refractivity contribution < 1.29 is 13.2 Å². The van der Waals surface area contributed by atoms with Gasteiger partial charge in [-0.05, 0) is 49.1 Å². The Morgan fingerprint density at radius 3 is 2.45 bits per heavy atom. The van der Waals surface area contributed by atoms with E-state index in [2.05, 4.69) is 0 Å². The second-order valence-corrected chi connectivity index (χ2v) is 7.86. The van der Waals surface area contributed by atoms with Crippen molar-refractivity contribution in [3.63, 3.8) is 0 Å². The highest BCUT2D eigenvalue weighted by Gasteiger charge is 2.38. The number of hydrogen-bond donors (Lipinski definition) is 1. The smallest absolute Gasteiger partial charge is 0.243 e. The second-order valence-electron chi connectivity index (χ2n) is 5.92. The van der Waals surface area contributed by atoms with E-state index < -0.39 is 10.0 Å². The Bertz CT molecular complexity index is 577. The van der Waals surface area contributed by atoms with Crippen molar-refractivity contribution >= 4 is 22.4 Å². The van der Waals surface area contributed by atoms with Crippen molar-refractivity contribution in [1.29, 1.82) is 0 Å². The number of hydrogen-bond acceptors (Lipinski definition) is 4. The van der Waals surface area contributed by atoms with Crippen LogP contribution >= 0.6 is 12.4 Å². The average Bonchev–Trinajstić information content (AvgIpc) is 2.89. The molecule has 1 aliphatic rings. The highest BCUT2D eigenvalue weighted by Crippen LogP contribution is 2.32. The lowest BCUT2D eigenvalue weighted by Gasteiger charge is -2.22. The topological polar surface area (TPSA) is 72.6 Å². The van der Waals surface area contributed by atoms with E-state index in [-0.39, 0.29) is 17.8 Å². The minimum atomic E-state index is -3.43. The normalized spacial score (nSPS) is 22.3. The molecule has 1 heterocycles. The molecule has 0 aliphatic carbocycles. The third-order valence-electron chi connectivity index (χ3n) is 3.95. The maximum Gasteiger partial charge on any atom is 0.243 e. The Morgan fingerprint density at radius 2 is 1.95 bits per heavy atom. The van der Waals surface area contributed by atoms with Crippen LogP contribution in [0.3, 0.4) is 0 Å². The Hall–Kier alpha value is -0.820. The predicted octanol–water partition coefficient (Wildman–Crippen LogP) is 2.26. The summed E-state index contributed by atoms with van der Waals surface area (Å²) in [6.45, 7) is 6.21. The van der Waals surface area contributed by atoms with Gasteiger partial charge < -0.3 is 10.5 Å². The van der Waals surface area contributed by atoms with Gasteiger partial charge in [-0.2, -0.15) is 4.31 Å². The minimum Gasteiger partial charge on any atom is -0.494 e. The summed E-state index contributed by atoms with van der Waals surface area (Å²) >= 11 is 0. The molecule has 0 radical (unpaired) electrons. The molecule has 1 aromatic carbocycles. The molecular formula is C15H25ClN2O3S. The molecule has 1 unspecified atom stereocenters. The quantitative estimate of drug-likeness (QED) is 0.855. The van der Waals surface area contributed by atoms with Gasteiger partial charge in [-0.3, -0.25) is 0 Å². The van der Waals surface area contributed by atoms with Crippen LogP contribution in [0.15, 0.2) is 29.2 Å². The lowest BCUT2D eigenvalue weighted by atomic mass is 9.90. The second kappa shape index (κ2) is 7.64. The zero-order valence-corrected chi connectivity index (χ0v) is 14.8. The van der Waals surface area contributed by atoms with E-state index >= 15 is 0 Å². The largest absolute Gasteiger partial charge is 0.494 e. The molecule has 1 atom stereocenters. The maximum atomic E-state index is 12.6. The summed E-state index contributed by atoms with van der Waals surface area (Å²) in [4.78, 5) is 0.313. The van der Waals surface area contributed by atoms with Gasteiger partial charge in [0, 0.05) is 13.1 Å². The van der Waals surface area contributed by atoms with E-state index in [1.54, 1.807) is 24.3 Å². The molecule has 0 saturated carbocycles. The third-order valence-corrected chi connectivity index (χ3v) is 5.81. The Labute approximate surface area is 139 Å². The van der Waals surface area contributed by atoms with Crippen molar-refractivity contribution in [3.05, 3.63) is 24.3 Å². The number of benzene rings is 1. The zero-order chi connectivity index (χ0) is 15.5. The van der Waals surface area contributed by atoms with Crippen LogP contribution in [0.5, 0.6) is 5.75 Å². The third kappa shape index (κ3) is 4.13. The predicted molar refractivity (Wildman–Crippen MR) is 90.0 cm³/mol. The van der Waals surface area contributed by atoms with Crippen LogP contribution in [0.25, 0.3) is 0 Å². The summed E-state index contributed by atoms with van der Waals surface area (Å²) in [5, 5.41) is 0. The van der Waals surface area contributed by atoms with Gasteiger partial charge in [-0.15, -0.1) is 12.4 Å². The van der Waals surface area contributed by atoms with E-state index in [0.29, 0.717) is 36.9 Å². The van der Waals surface area contributed by atoms with Crippen molar-refractivity contribution in [3.8, 4) is 5.75 Å². The van der Waals surface area contributed by atoms with Gasteiger partial charge >= 0.3 is 0 Å². The number of sulfonamides is 1. The van der Waals surface area contributed by atoms with Crippen LogP contribution in [-0.2, 0) is 10.0 Å². The molecule has 1 fully saturated rings. The number of halogens is 1. The maximum absolute atomic E-state index is 12.6. The van der Waals surface area contributed by atoms with Crippen molar-refractivity contribution in [2.45, 2.75) is 31.6 Å². The molecular weight excluding hydrogens is 324 g/mol. The fourth-order valence-electron chi connectivity index (χ4n) is 2.43. The summed E-state index contributed by atoms with van der Waals surface area (Å²) < 4.78 is 32.2. The van der Waals surface area contributed by atoms with Crippen LogP contribution in [0.1, 0.15) is 26.7 Å². The summed E-state index contributed by atoms with van der Waals surface area (Å²) in [5.74, 6) is 0.698. The van der Waals surface area contributed by atoms with Crippen molar-refractivity contribution in [2.24, 2.45) is 11.1 Å². The molecule has 2 rings (SSSR count). The molecule has 1 aromatic rings. The Kier molecular flexibility index (Phi) is 6.67. The van der Waals surface area contributed by atoms with Crippen LogP contribution in [0, 0.1) is 5.41 Å². The first-order valence-electron chi connectivity index (χ1n) is 7.34. The fourth-order valence-corrected chi connectivity index (χ4v) is 4.02. The number of rotatable bonds is 6. The lowest BCUT2D eigenvalue weighted by molar-refractivity contribution is 0.317. The molecule has 0 amide bonds. The highest BCUT2D eigenvalue weighted by atomic mass is 35.5. The standard InChI is InChI=1S/C15H24N2O3S.ClH/c1-3-10-20-13-4-6-14(7-5-13)21(18,19)17-9-8-15(2,11-16)12-17;/h4-7H,3,8-12,16H2,1-2H3;1H. The molecule has 22 heavy (non-hydrogen) atoms. The Balaban J connectivity index is 0.00000242. The van der Waals surface area contributed by atoms with Gasteiger partial charge in [0.25, 0.3) is 0 Å². The molecule has 0 bridgehead atoms. The van der Waals surface area contributed by atoms with Crippen LogP contribution in [-0.4, -0.2) is 39.0 Å². The van der Waals surface area contributed by atoms with Gasteiger partial charge in [0.1, 0.15) is 5.75 Å². The average molecular weight is 349 g/mol. The Morgan fingerprint density at radius 1 is 1.32 bits per heavy atom. The summed E-state index contributed by atoms with van der Waals surface area (Å²) in [5.41, 5.74) is 5.63.